The summed E-state index contributed by atoms with van der Waals surface area (Å²) in [5.74, 6) is 1.21. The van der Waals surface area contributed by atoms with E-state index in [1.165, 1.54) is 0 Å². The van der Waals surface area contributed by atoms with Gasteiger partial charge in [-0.2, -0.15) is 0 Å². The maximum Gasteiger partial charge on any atom is 0.138 e. The van der Waals surface area contributed by atoms with Crippen molar-refractivity contribution in [1.29, 1.82) is 0 Å². The van der Waals surface area contributed by atoms with E-state index in [4.69, 9.17) is 4.42 Å². The van der Waals surface area contributed by atoms with Gasteiger partial charge in [0, 0.05) is 26.2 Å². The van der Waals surface area contributed by atoms with Crippen molar-refractivity contribution < 1.29 is 9.52 Å². The molecule has 3 rings (SSSR count). The van der Waals surface area contributed by atoms with Crippen LogP contribution in [0.25, 0.3) is 11.0 Å². The molecule has 0 atom stereocenters. The first-order valence-electron chi connectivity index (χ1n) is 5.96. The minimum atomic E-state index is 0.290. The van der Waals surface area contributed by atoms with Gasteiger partial charge in [-0.3, -0.25) is 4.90 Å². The van der Waals surface area contributed by atoms with E-state index in [1.54, 1.807) is 12.1 Å². The van der Waals surface area contributed by atoms with Crippen molar-refractivity contribution in [3.63, 3.8) is 0 Å². The predicted octanol–water partition coefficient (Wildman–Crippen LogP) is 1.54. The molecule has 0 spiro atoms. The number of nitrogens with one attached hydrogen (secondary N) is 1. The van der Waals surface area contributed by atoms with Crippen LogP contribution >= 0.6 is 0 Å². The number of rotatable bonds is 2. The lowest BCUT2D eigenvalue weighted by Gasteiger charge is -2.26. The van der Waals surface area contributed by atoms with Gasteiger partial charge in [-0.15, -0.1) is 0 Å². The summed E-state index contributed by atoms with van der Waals surface area (Å²) in [5, 5.41) is 13.8. The third kappa shape index (κ3) is 2.14. The van der Waals surface area contributed by atoms with E-state index >= 15 is 0 Å². The quantitative estimate of drug-likeness (QED) is 0.824. The molecule has 0 unspecified atom stereocenters. The maximum atomic E-state index is 9.71. The van der Waals surface area contributed by atoms with Gasteiger partial charge in [0.05, 0.1) is 11.9 Å². The highest BCUT2D eigenvalue weighted by Gasteiger charge is 2.13. The lowest BCUT2D eigenvalue weighted by atomic mass is 10.2. The van der Waals surface area contributed by atoms with Crippen molar-refractivity contribution in [3.8, 4) is 5.75 Å². The molecule has 1 saturated heterocycles. The molecule has 4 nitrogen and oxygen atoms in total. The third-order valence-corrected chi connectivity index (χ3v) is 3.18. The summed E-state index contributed by atoms with van der Waals surface area (Å²) in [6.07, 6.45) is 0. The van der Waals surface area contributed by atoms with Crippen LogP contribution in [0.4, 0.5) is 0 Å². The van der Waals surface area contributed by atoms with Crippen molar-refractivity contribution in [2.75, 3.05) is 26.2 Å². The molecule has 1 aliphatic rings. The van der Waals surface area contributed by atoms with Gasteiger partial charge in [0.2, 0.25) is 0 Å². The summed E-state index contributed by atoms with van der Waals surface area (Å²) < 4.78 is 5.73. The number of benzene rings is 1. The Kier molecular flexibility index (Phi) is 2.74. The Morgan fingerprint density at radius 2 is 2.12 bits per heavy atom. The summed E-state index contributed by atoms with van der Waals surface area (Å²) >= 11 is 0. The molecule has 4 heteroatoms. The van der Waals surface area contributed by atoms with Gasteiger partial charge in [0.15, 0.2) is 0 Å². The van der Waals surface area contributed by atoms with Gasteiger partial charge >= 0.3 is 0 Å². The molecule has 0 aliphatic carbocycles. The standard InChI is InChI=1S/C13H16N2O2/c16-12-2-1-3-13-11(12)8-10(17-13)9-15-6-4-14-5-7-15/h1-3,8,14,16H,4-7,9H2. The summed E-state index contributed by atoms with van der Waals surface area (Å²) in [5.41, 5.74) is 0.759. The largest absolute Gasteiger partial charge is 0.507 e. The van der Waals surface area contributed by atoms with Crippen molar-refractivity contribution >= 4 is 11.0 Å². The van der Waals surface area contributed by atoms with Crippen molar-refractivity contribution in [1.82, 2.24) is 10.2 Å². The lowest BCUT2D eigenvalue weighted by Crippen LogP contribution is -2.42. The number of aromatic hydroxyl groups is 1. The van der Waals surface area contributed by atoms with Crippen LogP contribution in [0, 0.1) is 0 Å². The molecule has 0 radical (unpaired) electrons. The third-order valence-electron chi connectivity index (χ3n) is 3.18. The van der Waals surface area contributed by atoms with E-state index in [0.717, 1.165) is 49.5 Å². The van der Waals surface area contributed by atoms with E-state index in [0.29, 0.717) is 0 Å². The number of hydrogen-bond donors (Lipinski definition) is 2. The van der Waals surface area contributed by atoms with Gasteiger partial charge in [-0.1, -0.05) is 6.07 Å². The zero-order valence-corrected chi connectivity index (χ0v) is 9.65. The Labute approximate surface area is 99.8 Å². The molecule has 0 saturated carbocycles. The Morgan fingerprint density at radius 1 is 1.29 bits per heavy atom. The van der Waals surface area contributed by atoms with Crippen LogP contribution in [-0.4, -0.2) is 36.2 Å². The summed E-state index contributed by atoms with van der Waals surface area (Å²) in [6, 6.07) is 7.31. The Balaban J connectivity index is 1.83. The van der Waals surface area contributed by atoms with Crippen LogP contribution in [-0.2, 0) is 6.54 Å². The van der Waals surface area contributed by atoms with Crippen LogP contribution in [0.3, 0.4) is 0 Å². The summed E-state index contributed by atoms with van der Waals surface area (Å²) in [4.78, 5) is 2.35. The van der Waals surface area contributed by atoms with E-state index in [-0.39, 0.29) is 5.75 Å². The van der Waals surface area contributed by atoms with Crippen LogP contribution in [0.5, 0.6) is 5.75 Å². The van der Waals surface area contributed by atoms with Crippen LogP contribution in [0.1, 0.15) is 5.76 Å². The molecule has 0 bridgehead atoms. The molecule has 2 N–H and O–H groups in total. The van der Waals surface area contributed by atoms with Gasteiger partial charge < -0.3 is 14.8 Å². The van der Waals surface area contributed by atoms with Gasteiger partial charge in [-0.05, 0) is 18.2 Å². The first-order chi connectivity index (χ1) is 8.33. The van der Waals surface area contributed by atoms with Gasteiger partial charge in [0.25, 0.3) is 0 Å². The molecular weight excluding hydrogens is 216 g/mol. The zero-order chi connectivity index (χ0) is 11.7. The first-order valence-corrected chi connectivity index (χ1v) is 5.96. The molecule has 0 amide bonds. The molecule has 2 aromatic rings. The average molecular weight is 232 g/mol. The van der Waals surface area contributed by atoms with Crippen LogP contribution in [0.2, 0.25) is 0 Å². The number of phenols is 1. The van der Waals surface area contributed by atoms with Gasteiger partial charge in [-0.25, -0.2) is 0 Å². The van der Waals surface area contributed by atoms with E-state index in [2.05, 4.69) is 10.2 Å². The molecule has 2 heterocycles. The number of hydrogen-bond acceptors (Lipinski definition) is 4. The Morgan fingerprint density at radius 3 is 2.88 bits per heavy atom. The molecule has 1 aromatic carbocycles. The second-order valence-electron chi connectivity index (χ2n) is 4.43. The number of piperazine rings is 1. The fraction of sp³-hybridized carbons (Fsp3) is 0.385. The SMILES string of the molecule is Oc1cccc2oc(CN3CCNCC3)cc12. The topological polar surface area (TPSA) is 48.6 Å². The number of fused-ring (bicyclic) bond motifs is 1. The summed E-state index contributed by atoms with van der Waals surface area (Å²) in [6.45, 7) is 4.97. The molecule has 90 valence electrons. The summed E-state index contributed by atoms with van der Waals surface area (Å²) in [7, 11) is 0. The molecule has 1 aromatic heterocycles. The van der Waals surface area contributed by atoms with Crippen LogP contribution in [0.15, 0.2) is 28.7 Å². The average Bonchev–Trinajstić information content (AvgIpc) is 2.74. The highest BCUT2D eigenvalue weighted by molar-refractivity contribution is 5.84. The Hall–Kier alpha value is -1.52. The zero-order valence-electron chi connectivity index (χ0n) is 9.65. The minimum Gasteiger partial charge on any atom is -0.507 e. The smallest absolute Gasteiger partial charge is 0.138 e. The molecule has 1 fully saturated rings. The van der Waals surface area contributed by atoms with E-state index in [1.807, 2.05) is 12.1 Å². The van der Waals surface area contributed by atoms with Gasteiger partial charge in [0.1, 0.15) is 17.1 Å². The normalized spacial score (nSPS) is 17.6. The highest BCUT2D eigenvalue weighted by atomic mass is 16.3. The number of phenolic OH excluding ortho intramolecular Hbond substituents is 1. The molecular formula is C13H16N2O2. The fourth-order valence-electron chi connectivity index (χ4n) is 2.27. The van der Waals surface area contributed by atoms with E-state index in [9.17, 15) is 5.11 Å². The second-order valence-corrected chi connectivity index (χ2v) is 4.43. The molecule has 17 heavy (non-hydrogen) atoms. The van der Waals surface area contributed by atoms with E-state index < -0.39 is 0 Å². The van der Waals surface area contributed by atoms with Crippen molar-refractivity contribution in [3.05, 3.63) is 30.0 Å². The first kappa shape index (κ1) is 10.6. The number of furan rings is 1. The Bertz CT molecular complexity index is 515. The van der Waals surface area contributed by atoms with Crippen LogP contribution < -0.4 is 5.32 Å². The maximum absolute atomic E-state index is 9.71. The monoisotopic (exact) mass is 232 g/mol. The lowest BCUT2D eigenvalue weighted by molar-refractivity contribution is 0.218. The second kappa shape index (κ2) is 4.39. The predicted molar refractivity (Wildman–Crippen MR) is 66.0 cm³/mol. The molecule has 1 aliphatic heterocycles. The minimum absolute atomic E-state index is 0.290. The fourth-order valence-corrected chi connectivity index (χ4v) is 2.27. The van der Waals surface area contributed by atoms with Crippen molar-refractivity contribution in [2.45, 2.75) is 6.54 Å². The highest BCUT2D eigenvalue weighted by Crippen LogP contribution is 2.28. The van der Waals surface area contributed by atoms with Crippen molar-refractivity contribution in [2.24, 2.45) is 0 Å². The number of nitrogens with zero attached hydrogens (tertiary/aromatic N) is 1.